The van der Waals surface area contributed by atoms with Gasteiger partial charge in [0, 0.05) is 19.6 Å². The van der Waals surface area contributed by atoms with Crippen molar-refractivity contribution in [2.75, 3.05) is 19.6 Å². The monoisotopic (exact) mass is 334 g/mol. The molecular formula is C18H30N4O2. The number of hydrogen-bond donors (Lipinski definition) is 3. The average molecular weight is 334 g/mol. The molecule has 0 aromatic heterocycles. The van der Waals surface area contributed by atoms with E-state index in [-0.39, 0.29) is 0 Å². The Balaban J connectivity index is 2.42. The molecular weight excluding hydrogens is 304 g/mol. The lowest BCUT2D eigenvalue weighted by Crippen LogP contribution is -2.42. The standard InChI is InChI=1S/C18H30N4O2/c1-6-19-16(22-13-15-10-8-7-9-14(15)2)20-11-12-21-17(23)24-18(3,4)5/h7-10H,6,11-13H2,1-5H3,(H,21,23)(H2,19,20,22). The van der Waals surface area contributed by atoms with Crippen LogP contribution in [0.3, 0.4) is 0 Å². The van der Waals surface area contributed by atoms with Crippen molar-refractivity contribution in [2.24, 2.45) is 4.99 Å². The molecule has 0 aliphatic rings. The second kappa shape index (κ2) is 9.80. The van der Waals surface area contributed by atoms with Crippen molar-refractivity contribution in [1.29, 1.82) is 0 Å². The van der Waals surface area contributed by atoms with E-state index >= 15 is 0 Å². The van der Waals surface area contributed by atoms with Gasteiger partial charge in [-0.2, -0.15) is 0 Å². The highest BCUT2D eigenvalue weighted by Crippen LogP contribution is 2.08. The van der Waals surface area contributed by atoms with Gasteiger partial charge in [-0.1, -0.05) is 24.3 Å². The molecule has 0 bridgehead atoms. The van der Waals surface area contributed by atoms with E-state index in [1.165, 1.54) is 11.1 Å². The minimum Gasteiger partial charge on any atom is -0.444 e. The zero-order chi connectivity index (χ0) is 18.0. The van der Waals surface area contributed by atoms with Crippen molar-refractivity contribution in [3.8, 4) is 0 Å². The molecule has 6 nitrogen and oxygen atoms in total. The third-order valence-electron chi connectivity index (χ3n) is 3.10. The molecule has 1 aromatic rings. The number of amides is 1. The Morgan fingerprint density at radius 2 is 1.79 bits per heavy atom. The minimum absolute atomic E-state index is 0.411. The van der Waals surface area contributed by atoms with Gasteiger partial charge in [-0.3, -0.25) is 0 Å². The molecule has 134 valence electrons. The quantitative estimate of drug-likeness (QED) is 0.425. The first-order chi connectivity index (χ1) is 11.3. The van der Waals surface area contributed by atoms with Gasteiger partial charge in [-0.15, -0.1) is 0 Å². The largest absolute Gasteiger partial charge is 0.444 e. The first kappa shape index (κ1) is 19.8. The number of carbonyl (C=O) groups is 1. The van der Waals surface area contributed by atoms with Crippen LogP contribution in [0.1, 0.15) is 38.8 Å². The number of alkyl carbamates (subject to hydrolysis) is 1. The molecule has 6 heteroatoms. The molecule has 0 aliphatic carbocycles. The number of hydrogen-bond acceptors (Lipinski definition) is 3. The van der Waals surface area contributed by atoms with E-state index in [2.05, 4.69) is 40.0 Å². The summed E-state index contributed by atoms with van der Waals surface area (Å²) in [7, 11) is 0. The molecule has 0 unspecified atom stereocenters. The van der Waals surface area contributed by atoms with Crippen LogP contribution in [0.5, 0.6) is 0 Å². The fourth-order valence-corrected chi connectivity index (χ4v) is 1.95. The number of nitrogens with one attached hydrogen (secondary N) is 3. The highest BCUT2D eigenvalue weighted by molar-refractivity contribution is 5.79. The van der Waals surface area contributed by atoms with Gasteiger partial charge in [0.25, 0.3) is 0 Å². The van der Waals surface area contributed by atoms with Gasteiger partial charge >= 0.3 is 6.09 Å². The topological polar surface area (TPSA) is 74.8 Å². The maximum atomic E-state index is 11.6. The van der Waals surface area contributed by atoms with Crippen LogP contribution in [0.4, 0.5) is 4.79 Å². The van der Waals surface area contributed by atoms with Gasteiger partial charge in [0.15, 0.2) is 5.96 Å². The number of guanidine groups is 1. The van der Waals surface area contributed by atoms with Crippen molar-refractivity contribution in [3.05, 3.63) is 35.4 Å². The molecule has 0 saturated heterocycles. The van der Waals surface area contributed by atoms with E-state index < -0.39 is 11.7 Å². The fraction of sp³-hybridized carbons (Fsp3) is 0.556. The normalized spacial score (nSPS) is 11.8. The molecule has 0 saturated carbocycles. The van der Waals surface area contributed by atoms with Crippen molar-refractivity contribution in [2.45, 2.75) is 46.8 Å². The summed E-state index contributed by atoms with van der Waals surface area (Å²) >= 11 is 0. The van der Waals surface area contributed by atoms with E-state index in [0.29, 0.717) is 19.6 Å². The summed E-state index contributed by atoms with van der Waals surface area (Å²) in [6.45, 7) is 12.0. The predicted molar refractivity (Wildman–Crippen MR) is 98.2 cm³/mol. The van der Waals surface area contributed by atoms with Crippen molar-refractivity contribution < 1.29 is 9.53 Å². The van der Waals surface area contributed by atoms with Gasteiger partial charge in [-0.25, -0.2) is 9.79 Å². The van der Waals surface area contributed by atoms with Crippen LogP contribution in [0.25, 0.3) is 0 Å². The average Bonchev–Trinajstić information content (AvgIpc) is 2.48. The van der Waals surface area contributed by atoms with Crippen LogP contribution < -0.4 is 16.0 Å². The summed E-state index contributed by atoms with van der Waals surface area (Å²) in [5.41, 5.74) is 1.94. The number of aliphatic imine (C=N–C) groups is 1. The summed E-state index contributed by atoms with van der Waals surface area (Å²) in [6, 6.07) is 8.19. The van der Waals surface area contributed by atoms with Gasteiger partial charge in [0.1, 0.15) is 5.60 Å². The first-order valence-corrected chi connectivity index (χ1v) is 8.35. The van der Waals surface area contributed by atoms with Crippen LogP contribution in [0.2, 0.25) is 0 Å². The van der Waals surface area contributed by atoms with Gasteiger partial charge < -0.3 is 20.7 Å². The molecule has 3 N–H and O–H groups in total. The van der Waals surface area contributed by atoms with Crippen molar-refractivity contribution >= 4 is 12.1 Å². The number of carbonyl (C=O) groups excluding carboxylic acids is 1. The van der Waals surface area contributed by atoms with E-state index in [1.807, 2.05) is 39.8 Å². The summed E-state index contributed by atoms with van der Waals surface area (Å²) < 4.78 is 5.19. The summed E-state index contributed by atoms with van der Waals surface area (Å²) in [6.07, 6.45) is -0.411. The van der Waals surface area contributed by atoms with E-state index in [1.54, 1.807) is 0 Å². The Morgan fingerprint density at radius 3 is 2.42 bits per heavy atom. The molecule has 24 heavy (non-hydrogen) atoms. The summed E-state index contributed by atoms with van der Waals surface area (Å²) in [4.78, 5) is 16.1. The third-order valence-corrected chi connectivity index (χ3v) is 3.10. The minimum atomic E-state index is -0.485. The Kier molecular flexibility index (Phi) is 8.09. The molecule has 0 aliphatic heterocycles. The Bertz CT molecular complexity index is 550. The van der Waals surface area contributed by atoms with Gasteiger partial charge in [-0.05, 0) is 45.7 Å². The zero-order valence-electron chi connectivity index (χ0n) is 15.4. The molecule has 0 heterocycles. The number of ether oxygens (including phenoxy) is 1. The highest BCUT2D eigenvalue weighted by Gasteiger charge is 2.15. The maximum absolute atomic E-state index is 11.6. The highest BCUT2D eigenvalue weighted by atomic mass is 16.6. The molecule has 0 atom stereocenters. The van der Waals surface area contributed by atoms with E-state index in [0.717, 1.165) is 12.5 Å². The van der Waals surface area contributed by atoms with Crippen molar-refractivity contribution in [1.82, 2.24) is 16.0 Å². The Hall–Kier alpha value is -2.24. The first-order valence-electron chi connectivity index (χ1n) is 8.35. The smallest absolute Gasteiger partial charge is 0.407 e. The van der Waals surface area contributed by atoms with Crippen LogP contribution in [0.15, 0.2) is 29.3 Å². The third kappa shape index (κ3) is 8.41. The summed E-state index contributed by atoms with van der Waals surface area (Å²) in [5, 5.41) is 9.10. The lowest BCUT2D eigenvalue weighted by Gasteiger charge is -2.20. The predicted octanol–water partition coefficient (Wildman–Crippen LogP) is 2.57. The second-order valence-electron chi connectivity index (χ2n) is 6.48. The summed E-state index contributed by atoms with van der Waals surface area (Å²) in [5.74, 6) is 0.728. The van der Waals surface area contributed by atoms with Crippen LogP contribution in [-0.2, 0) is 11.3 Å². The van der Waals surface area contributed by atoms with Crippen LogP contribution in [0, 0.1) is 6.92 Å². The van der Waals surface area contributed by atoms with Crippen LogP contribution >= 0.6 is 0 Å². The van der Waals surface area contributed by atoms with Crippen LogP contribution in [-0.4, -0.2) is 37.3 Å². The molecule has 1 aromatic carbocycles. The number of nitrogens with zero attached hydrogens (tertiary/aromatic N) is 1. The van der Waals surface area contributed by atoms with Gasteiger partial charge in [0.05, 0.1) is 6.54 Å². The maximum Gasteiger partial charge on any atom is 0.407 e. The Labute approximate surface area is 145 Å². The molecule has 1 rings (SSSR count). The van der Waals surface area contributed by atoms with E-state index in [4.69, 9.17) is 4.74 Å². The lowest BCUT2D eigenvalue weighted by molar-refractivity contribution is 0.0529. The number of benzene rings is 1. The van der Waals surface area contributed by atoms with Gasteiger partial charge in [0.2, 0.25) is 0 Å². The molecule has 0 fully saturated rings. The lowest BCUT2D eigenvalue weighted by atomic mass is 10.1. The molecule has 1 amide bonds. The zero-order valence-corrected chi connectivity index (χ0v) is 15.4. The van der Waals surface area contributed by atoms with E-state index in [9.17, 15) is 4.79 Å². The number of aryl methyl sites for hydroxylation is 1. The molecule has 0 radical (unpaired) electrons. The SMILES string of the molecule is CCNC(=NCc1ccccc1C)NCCNC(=O)OC(C)(C)C. The number of rotatable bonds is 6. The second-order valence-corrected chi connectivity index (χ2v) is 6.48. The molecule has 0 spiro atoms. The Morgan fingerprint density at radius 1 is 1.12 bits per heavy atom. The van der Waals surface area contributed by atoms with Crippen molar-refractivity contribution in [3.63, 3.8) is 0 Å². The fourth-order valence-electron chi connectivity index (χ4n) is 1.95.